The summed E-state index contributed by atoms with van der Waals surface area (Å²) in [4.78, 5) is 12.0. The molecular weight excluding hydrogens is 252 g/mol. The number of amides is 1. The maximum atomic E-state index is 13.8. The molecule has 0 aliphatic rings. The van der Waals surface area contributed by atoms with Crippen molar-refractivity contribution in [3.05, 3.63) is 34.9 Å². The summed E-state index contributed by atoms with van der Waals surface area (Å²) in [6.45, 7) is 5.11. The van der Waals surface area contributed by atoms with Gasteiger partial charge in [0.05, 0.1) is 0 Å². The Kier molecular flexibility index (Phi) is 5.42. The highest BCUT2D eigenvalue weighted by Crippen LogP contribution is 2.17. The summed E-state index contributed by atoms with van der Waals surface area (Å²) in [5.74, 6) is -2.45. The van der Waals surface area contributed by atoms with Crippen LogP contribution in [0.5, 0.6) is 0 Å². The van der Waals surface area contributed by atoms with Crippen molar-refractivity contribution in [3.8, 4) is 0 Å². The standard InChI is InChI=1S/C14H19F2NO2/c1-8(2)11(6-7-18)17-14(19)12-10(15)5-4-9(3)13(12)16/h4-5,8,11,18H,6-7H2,1-3H3,(H,17,19). The summed E-state index contributed by atoms with van der Waals surface area (Å²) in [7, 11) is 0. The number of halogens is 2. The third kappa shape index (κ3) is 3.73. The van der Waals surface area contributed by atoms with Gasteiger partial charge in [-0.25, -0.2) is 8.78 Å². The zero-order chi connectivity index (χ0) is 14.6. The van der Waals surface area contributed by atoms with Crippen molar-refractivity contribution in [2.75, 3.05) is 6.61 Å². The predicted molar refractivity (Wildman–Crippen MR) is 68.9 cm³/mol. The first-order valence-corrected chi connectivity index (χ1v) is 6.24. The summed E-state index contributed by atoms with van der Waals surface area (Å²) in [6.07, 6.45) is 0.346. The lowest BCUT2D eigenvalue weighted by molar-refractivity contribution is 0.0908. The molecule has 0 aliphatic heterocycles. The van der Waals surface area contributed by atoms with Gasteiger partial charge < -0.3 is 10.4 Å². The number of carbonyl (C=O) groups is 1. The van der Waals surface area contributed by atoms with Gasteiger partial charge in [-0.1, -0.05) is 19.9 Å². The third-order valence-electron chi connectivity index (χ3n) is 3.07. The Morgan fingerprint density at radius 1 is 1.37 bits per heavy atom. The fourth-order valence-electron chi connectivity index (χ4n) is 1.82. The van der Waals surface area contributed by atoms with E-state index >= 15 is 0 Å². The smallest absolute Gasteiger partial charge is 0.257 e. The van der Waals surface area contributed by atoms with Crippen LogP contribution in [-0.4, -0.2) is 23.7 Å². The van der Waals surface area contributed by atoms with Gasteiger partial charge in [0.1, 0.15) is 17.2 Å². The van der Waals surface area contributed by atoms with Crippen LogP contribution in [-0.2, 0) is 0 Å². The molecule has 0 bridgehead atoms. The van der Waals surface area contributed by atoms with E-state index < -0.39 is 23.1 Å². The van der Waals surface area contributed by atoms with Gasteiger partial charge >= 0.3 is 0 Å². The van der Waals surface area contributed by atoms with Gasteiger partial charge in [-0.15, -0.1) is 0 Å². The third-order valence-corrected chi connectivity index (χ3v) is 3.07. The van der Waals surface area contributed by atoms with Gasteiger partial charge in [0.15, 0.2) is 0 Å². The molecule has 0 fully saturated rings. The van der Waals surface area contributed by atoms with Crippen LogP contribution in [0.1, 0.15) is 36.2 Å². The lowest BCUT2D eigenvalue weighted by Crippen LogP contribution is -2.40. The fraction of sp³-hybridized carbons (Fsp3) is 0.500. The summed E-state index contributed by atoms with van der Waals surface area (Å²) in [5, 5.41) is 11.5. The van der Waals surface area contributed by atoms with E-state index in [4.69, 9.17) is 5.11 Å². The summed E-state index contributed by atoms with van der Waals surface area (Å²) in [6, 6.07) is 2.04. The maximum Gasteiger partial charge on any atom is 0.257 e. The second kappa shape index (κ2) is 6.61. The van der Waals surface area contributed by atoms with E-state index in [-0.39, 0.29) is 24.1 Å². The number of aliphatic hydroxyl groups excluding tert-OH is 1. The zero-order valence-corrected chi connectivity index (χ0v) is 11.3. The minimum Gasteiger partial charge on any atom is -0.396 e. The topological polar surface area (TPSA) is 49.3 Å². The predicted octanol–water partition coefficient (Wildman–Crippen LogP) is 2.41. The van der Waals surface area contributed by atoms with E-state index in [0.717, 1.165) is 6.07 Å². The molecule has 19 heavy (non-hydrogen) atoms. The molecule has 0 aliphatic carbocycles. The number of carbonyl (C=O) groups excluding carboxylic acids is 1. The van der Waals surface area contributed by atoms with Crippen LogP contribution in [0.25, 0.3) is 0 Å². The molecule has 106 valence electrons. The molecule has 5 heteroatoms. The number of hydrogen-bond acceptors (Lipinski definition) is 2. The van der Waals surface area contributed by atoms with E-state index in [2.05, 4.69) is 5.32 Å². The fourth-order valence-corrected chi connectivity index (χ4v) is 1.82. The quantitative estimate of drug-likeness (QED) is 0.864. The van der Waals surface area contributed by atoms with Gasteiger partial charge in [0.25, 0.3) is 5.91 Å². The molecule has 3 nitrogen and oxygen atoms in total. The van der Waals surface area contributed by atoms with E-state index in [0.29, 0.717) is 6.42 Å². The van der Waals surface area contributed by atoms with Crippen LogP contribution in [0.2, 0.25) is 0 Å². The monoisotopic (exact) mass is 271 g/mol. The number of benzene rings is 1. The number of aryl methyl sites for hydroxylation is 1. The van der Waals surface area contributed by atoms with Crippen molar-refractivity contribution in [2.45, 2.75) is 33.2 Å². The Morgan fingerprint density at radius 2 is 2.00 bits per heavy atom. The van der Waals surface area contributed by atoms with Crippen molar-refractivity contribution < 1.29 is 18.7 Å². The molecule has 1 aromatic carbocycles. The normalized spacial score (nSPS) is 12.6. The molecule has 0 heterocycles. The molecule has 0 radical (unpaired) electrons. The van der Waals surface area contributed by atoms with E-state index in [9.17, 15) is 13.6 Å². The van der Waals surface area contributed by atoms with Crippen LogP contribution in [0.15, 0.2) is 12.1 Å². The summed E-state index contributed by atoms with van der Waals surface area (Å²) in [5.41, 5.74) is -0.349. The second-order valence-electron chi connectivity index (χ2n) is 4.89. The van der Waals surface area contributed by atoms with E-state index in [1.54, 1.807) is 0 Å². The molecule has 1 atom stereocenters. The lowest BCUT2D eigenvalue weighted by atomic mass is 10.0. The number of aliphatic hydroxyl groups is 1. The number of nitrogens with one attached hydrogen (secondary N) is 1. The van der Waals surface area contributed by atoms with E-state index in [1.807, 2.05) is 13.8 Å². The molecule has 1 amide bonds. The molecule has 0 saturated heterocycles. The van der Waals surface area contributed by atoms with Gasteiger partial charge in [-0.3, -0.25) is 4.79 Å². The number of hydrogen-bond donors (Lipinski definition) is 2. The van der Waals surface area contributed by atoms with Crippen molar-refractivity contribution >= 4 is 5.91 Å². The van der Waals surface area contributed by atoms with Crippen molar-refractivity contribution in [1.29, 1.82) is 0 Å². The van der Waals surface area contributed by atoms with Gasteiger partial charge in [0, 0.05) is 12.6 Å². The van der Waals surface area contributed by atoms with Crippen LogP contribution in [0, 0.1) is 24.5 Å². The second-order valence-corrected chi connectivity index (χ2v) is 4.89. The Morgan fingerprint density at radius 3 is 2.53 bits per heavy atom. The Labute approximate surface area is 111 Å². The molecular formula is C14H19F2NO2. The largest absolute Gasteiger partial charge is 0.396 e. The minimum atomic E-state index is -0.882. The number of rotatable bonds is 5. The van der Waals surface area contributed by atoms with Crippen LogP contribution in [0.4, 0.5) is 8.78 Å². The zero-order valence-electron chi connectivity index (χ0n) is 11.3. The van der Waals surface area contributed by atoms with Crippen molar-refractivity contribution in [1.82, 2.24) is 5.32 Å². The molecule has 0 saturated carbocycles. The first-order chi connectivity index (χ1) is 8.88. The minimum absolute atomic E-state index is 0.0621. The van der Waals surface area contributed by atoms with Crippen molar-refractivity contribution in [3.63, 3.8) is 0 Å². The van der Waals surface area contributed by atoms with Gasteiger partial charge in [0.2, 0.25) is 0 Å². The highest BCUT2D eigenvalue weighted by Gasteiger charge is 2.22. The van der Waals surface area contributed by atoms with Crippen LogP contribution in [0.3, 0.4) is 0 Å². The highest BCUT2D eigenvalue weighted by atomic mass is 19.1. The molecule has 1 rings (SSSR count). The molecule has 1 aromatic rings. The Balaban J connectivity index is 2.98. The molecule has 2 N–H and O–H groups in total. The summed E-state index contributed by atoms with van der Waals surface area (Å²) < 4.78 is 27.4. The first kappa shape index (κ1) is 15.6. The van der Waals surface area contributed by atoms with E-state index in [1.165, 1.54) is 13.0 Å². The Bertz CT molecular complexity index is 461. The van der Waals surface area contributed by atoms with Crippen LogP contribution < -0.4 is 5.32 Å². The molecule has 0 spiro atoms. The molecule has 0 aromatic heterocycles. The Hall–Kier alpha value is -1.49. The van der Waals surface area contributed by atoms with Crippen LogP contribution >= 0.6 is 0 Å². The highest BCUT2D eigenvalue weighted by molar-refractivity contribution is 5.95. The average molecular weight is 271 g/mol. The average Bonchev–Trinajstić information content (AvgIpc) is 2.33. The van der Waals surface area contributed by atoms with Gasteiger partial charge in [-0.2, -0.15) is 0 Å². The van der Waals surface area contributed by atoms with Crippen molar-refractivity contribution in [2.24, 2.45) is 5.92 Å². The molecule has 1 unspecified atom stereocenters. The van der Waals surface area contributed by atoms with Gasteiger partial charge in [-0.05, 0) is 30.9 Å². The maximum absolute atomic E-state index is 13.8. The SMILES string of the molecule is Cc1ccc(F)c(C(=O)NC(CCO)C(C)C)c1F. The lowest BCUT2D eigenvalue weighted by Gasteiger charge is -2.22. The first-order valence-electron chi connectivity index (χ1n) is 6.24. The summed E-state index contributed by atoms with van der Waals surface area (Å²) >= 11 is 0.